The standard InChI is InChI=1S/C19H23BrF3N5O2/c1-11(10-29)17(12-2-5-14(20)6-3-12)25-18(30)24-8-16-27-26-15-7-4-13(9-28(15)16)19(21,22)23/h2-3,5-6,11,13,17,29H,4,7-10H2,1H3,(H2,24,25,30). The second kappa shape index (κ2) is 9.34. The van der Waals surface area contributed by atoms with Gasteiger partial charge in [-0.25, -0.2) is 4.79 Å². The molecule has 1 aromatic heterocycles. The summed E-state index contributed by atoms with van der Waals surface area (Å²) < 4.78 is 41.5. The third-order valence-corrected chi connectivity index (χ3v) is 5.79. The third kappa shape index (κ3) is 5.31. The Morgan fingerprint density at radius 1 is 1.33 bits per heavy atom. The number of aliphatic hydroxyl groups is 1. The third-order valence-electron chi connectivity index (χ3n) is 5.27. The summed E-state index contributed by atoms with van der Waals surface area (Å²) in [5, 5.41) is 22.9. The predicted octanol–water partition coefficient (Wildman–Crippen LogP) is 3.33. The molecule has 0 radical (unpaired) electrons. The van der Waals surface area contributed by atoms with Crippen LogP contribution in [0, 0.1) is 11.8 Å². The van der Waals surface area contributed by atoms with Crippen molar-refractivity contribution in [1.29, 1.82) is 0 Å². The second-order valence-corrected chi connectivity index (χ2v) is 8.35. The summed E-state index contributed by atoms with van der Waals surface area (Å²) in [7, 11) is 0. The number of aryl methyl sites for hydroxylation is 1. The lowest BCUT2D eigenvalue weighted by molar-refractivity contribution is -0.182. The molecule has 164 valence electrons. The summed E-state index contributed by atoms with van der Waals surface area (Å²) >= 11 is 3.36. The zero-order valence-corrected chi connectivity index (χ0v) is 17.9. The molecule has 0 saturated heterocycles. The van der Waals surface area contributed by atoms with E-state index in [2.05, 4.69) is 36.8 Å². The fourth-order valence-electron chi connectivity index (χ4n) is 3.46. The van der Waals surface area contributed by atoms with Crippen LogP contribution in [-0.4, -0.2) is 38.7 Å². The molecule has 7 nitrogen and oxygen atoms in total. The minimum Gasteiger partial charge on any atom is -0.396 e. The summed E-state index contributed by atoms with van der Waals surface area (Å²) in [6.45, 7) is 1.38. The number of aliphatic hydroxyl groups excluding tert-OH is 1. The number of benzene rings is 1. The van der Waals surface area contributed by atoms with Crippen LogP contribution in [0.1, 0.15) is 36.6 Å². The summed E-state index contributed by atoms with van der Waals surface area (Å²) in [5.74, 6) is -0.912. The summed E-state index contributed by atoms with van der Waals surface area (Å²) in [5.41, 5.74) is 0.822. The number of urea groups is 1. The minimum absolute atomic E-state index is 0.0105. The number of nitrogens with one attached hydrogen (secondary N) is 2. The second-order valence-electron chi connectivity index (χ2n) is 7.44. The number of nitrogens with zero attached hydrogens (tertiary/aromatic N) is 3. The van der Waals surface area contributed by atoms with E-state index >= 15 is 0 Å². The minimum atomic E-state index is -4.28. The molecule has 1 aromatic carbocycles. The molecule has 30 heavy (non-hydrogen) atoms. The van der Waals surface area contributed by atoms with Crippen LogP contribution in [0.15, 0.2) is 28.7 Å². The first kappa shape index (κ1) is 22.5. The number of halogens is 4. The van der Waals surface area contributed by atoms with Gasteiger partial charge in [-0.05, 0) is 24.1 Å². The normalized spacial score (nSPS) is 18.4. The van der Waals surface area contributed by atoms with Gasteiger partial charge in [-0.2, -0.15) is 13.2 Å². The number of rotatable bonds is 6. The van der Waals surface area contributed by atoms with Crippen molar-refractivity contribution in [3.63, 3.8) is 0 Å². The fraction of sp³-hybridized carbons (Fsp3) is 0.526. The van der Waals surface area contributed by atoms with E-state index < -0.39 is 24.2 Å². The smallest absolute Gasteiger partial charge is 0.393 e. The van der Waals surface area contributed by atoms with Crippen molar-refractivity contribution in [3.05, 3.63) is 46.0 Å². The van der Waals surface area contributed by atoms with Crippen LogP contribution in [-0.2, 0) is 19.5 Å². The highest BCUT2D eigenvalue weighted by Gasteiger charge is 2.42. The first-order valence-electron chi connectivity index (χ1n) is 9.57. The zero-order chi connectivity index (χ0) is 21.9. The Kier molecular flexibility index (Phi) is 7.02. The van der Waals surface area contributed by atoms with Crippen LogP contribution in [0.3, 0.4) is 0 Å². The summed E-state index contributed by atoms with van der Waals surface area (Å²) in [4.78, 5) is 12.5. The van der Waals surface area contributed by atoms with Gasteiger partial charge in [-0.3, -0.25) is 0 Å². The number of hydrogen-bond donors (Lipinski definition) is 3. The average Bonchev–Trinajstić information content (AvgIpc) is 3.12. The van der Waals surface area contributed by atoms with Gasteiger partial charge in [0.1, 0.15) is 5.82 Å². The molecule has 0 fully saturated rings. The van der Waals surface area contributed by atoms with Crippen LogP contribution >= 0.6 is 15.9 Å². The van der Waals surface area contributed by atoms with Crippen LogP contribution in [0.2, 0.25) is 0 Å². The molecule has 0 saturated carbocycles. The summed E-state index contributed by atoms with van der Waals surface area (Å²) in [6, 6.07) is 6.41. The van der Waals surface area contributed by atoms with Gasteiger partial charge in [-0.15, -0.1) is 10.2 Å². The lowest BCUT2D eigenvalue weighted by atomic mass is 9.95. The topological polar surface area (TPSA) is 92.1 Å². The lowest BCUT2D eigenvalue weighted by Gasteiger charge is -2.26. The molecular weight excluding hydrogens is 467 g/mol. The fourth-order valence-corrected chi connectivity index (χ4v) is 3.73. The number of carbonyl (C=O) groups is 1. The van der Waals surface area contributed by atoms with Crippen LogP contribution in [0.25, 0.3) is 0 Å². The quantitative estimate of drug-likeness (QED) is 0.580. The molecule has 2 amide bonds. The molecule has 3 rings (SSSR count). The molecule has 2 aromatic rings. The summed E-state index contributed by atoms with van der Waals surface area (Å²) in [6.07, 6.45) is -4.09. The molecular formula is C19H23BrF3N5O2. The molecule has 3 unspecified atom stereocenters. The van der Waals surface area contributed by atoms with Crippen molar-refractivity contribution in [3.8, 4) is 0 Å². The van der Waals surface area contributed by atoms with Crippen molar-refractivity contribution in [1.82, 2.24) is 25.4 Å². The first-order chi connectivity index (χ1) is 14.2. The van der Waals surface area contributed by atoms with Crippen molar-refractivity contribution in [2.24, 2.45) is 11.8 Å². The van der Waals surface area contributed by atoms with Gasteiger partial charge in [0.15, 0.2) is 5.82 Å². The molecule has 1 aliphatic heterocycles. The van der Waals surface area contributed by atoms with Crippen LogP contribution < -0.4 is 10.6 Å². The Morgan fingerprint density at radius 3 is 2.67 bits per heavy atom. The van der Waals surface area contributed by atoms with E-state index in [9.17, 15) is 23.1 Å². The van der Waals surface area contributed by atoms with Gasteiger partial charge in [-0.1, -0.05) is 35.0 Å². The molecule has 0 bridgehead atoms. The Bertz CT molecular complexity index is 872. The Hall–Kier alpha value is -2.14. The van der Waals surface area contributed by atoms with Crippen molar-refractivity contribution in [2.45, 2.75) is 45.1 Å². The van der Waals surface area contributed by atoms with E-state index in [-0.39, 0.29) is 44.3 Å². The Labute approximate surface area is 180 Å². The van der Waals surface area contributed by atoms with E-state index in [0.29, 0.717) is 5.82 Å². The SMILES string of the molecule is CC(CO)C(NC(=O)NCc1nnc2n1CC(C(F)(F)F)CC2)c1ccc(Br)cc1. The highest BCUT2D eigenvalue weighted by Crippen LogP contribution is 2.34. The predicted molar refractivity (Wildman–Crippen MR) is 106 cm³/mol. The van der Waals surface area contributed by atoms with Gasteiger partial charge < -0.3 is 20.3 Å². The molecule has 0 aliphatic carbocycles. The highest BCUT2D eigenvalue weighted by atomic mass is 79.9. The van der Waals surface area contributed by atoms with E-state index in [1.165, 1.54) is 4.57 Å². The number of carbonyl (C=O) groups excluding carboxylic acids is 1. The monoisotopic (exact) mass is 489 g/mol. The van der Waals surface area contributed by atoms with Gasteiger partial charge >= 0.3 is 12.2 Å². The Balaban J connectivity index is 1.64. The largest absolute Gasteiger partial charge is 0.396 e. The van der Waals surface area contributed by atoms with E-state index in [4.69, 9.17) is 0 Å². The van der Waals surface area contributed by atoms with Crippen LogP contribution in [0.4, 0.5) is 18.0 Å². The van der Waals surface area contributed by atoms with Crippen molar-refractivity contribution in [2.75, 3.05) is 6.61 Å². The number of amides is 2. The van der Waals surface area contributed by atoms with Crippen molar-refractivity contribution >= 4 is 22.0 Å². The number of aromatic nitrogens is 3. The molecule has 3 N–H and O–H groups in total. The number of alkyl halides is 3. The molecule has 2 heterocycles. The number of fused-ring (bicyclic) bond motifs is 1. The van der Waals surface area contributed by atoms with E-state index in [0.717, 1.165) is 10.0 Å². The van der Waals surface area contributed by atoms with E-state index in [1.807, 2.05) is 24.3 Å². The zero-order valence-electron chi connectivity index (χ0n) is 16.3. The maximum atomic E-state index is 13.1. The molecule has 11 heteroatoms. The van der Waals surface area contributed by atoms with Gasteiger partial charge in [0, 0.05) is 30.0 Å². The van der Waals surface area contributed by atoms with Gasteiger partial charge in [0.05, 0.1) is 18.5 Å². The highest BCUT2D eigenvalue weighted by molar-refractivity contribution is 9.10. The maximum Gasteiger partial charge on any atom is 0.393 e. The molecule has 1 aliphatic rings. The first-order valence-corrected chi connectivity index (χ1v) is 10.4. The molecule has 3 atom stereocenters. The van der Waals surface area contributed by atoms with E-state index in [1.54, 1.807) is 6.92 Å². The van der Waals surface area contributed by atoms with Crippen molar-refractivity contribution < 1.29 is 23.1 Å². The average molecular weight is 490 g/mol. The maximum absolute atomic E-state index is 13.1. The van der Waals surface area contributed by atoms with Gasteiger partial charge in [0.25, 0.3) is 0 Å². The molecule has 0 spiro atoms. The lowest BCUT2D eigenvalue weighted by Crippen LogP contribution is -2.41. The Morgan fingerprint density at radius 2 is 2.03 bits per heavy atom. The number of hydrogen-bond acceptors (Lipinski definition) is 4. The van der Waals surface area contributed by atoms with Gasteiger partial charge in [0.2, 0.25) is 0 Å². The van der Waals surface area contributed by atoms with Crippen LogP contribution in [0.5, 0.6) is 0 Å².